The van der Waals surface area contributed by atoms with Crippen LogP contribution in [0.2, 0.25) is 0 Å². The van der Waals surface area contributed by atoms with Crippen LogP contribution in [0.4, 0.5) is 5.69 Å². The van der Waals surface area contributed by atoms with Crippen molar-refractivity contribution in [3.05, 3.63) is 84.2 Å². The highest BCUT2D eigenvalue weighted by molar-refractivity contribution is 5.57. The lowest BCUT2D eigenvalue weighted by molar-refractivity contribution is -0.925. The molecule has 0 N–H and O–H groups in total. The number of aryl methyl sites for hydroxylation is 1. The maximum Gasteiger partial charge on any atom is 0.169 e. The van der Waals surface area contributed by atoms with Gasteiger partial charge in [0.25, 0.3) is 0 Å². The number of allylic oxidation sites excluding steroid dienone is 4. The molecule has 39 heavy (non-hydrogen) atoms. The quantitative estimate of drug-likeness (QED) is 0.135. The van der Waals surface area contributed by atoms with E-state index in [-0.39, 0.29) is 34.0 Å². The van der Waals surface area contributed by atoms with Crippen LogP contribution in [0.5, 0.6) is 0 Å². The fraction of sp³-hybridized carbons (Fsp3) is 0.500. The Morgan fingerprint density at radius 1 is 0.641 bits per heavy atom. The van der Waals surface area contributed by atoms with Gasteiger partial charge in [-0.25, -0.2) is 4.57 Å². The van der Waals surface area contributed by atoms with Crippen molar-refractivity contribution in [2.45, 2.75) is 73.3 Å². The summed E-state index contributed by atoms with van der Waals surface area (Å²) in [6.45, 7) is 19.8. The molecule has 1 aromatic heterocycles. The van der Waals surface area contributed by atoms with E-state index >= 15 is 0 Å². The van der Waals surface area contributed by atoms with Gasteiger partial charge in [0.1, 0.15) is 0 Å². The first-order chi connectivity index (χ1) is 18.1. The molecule has 0 spiro atoms. The predicted octanol–water partition coefficient (Wildman–Crippen LogP) is 1.94. The summed E-state index contributed by atoms with van der Waals surface area (Å²) in [5, 5.41) is 0. The number of hydrogen-bond donors (Lipinski definition) is 0. The number of anilines is 1. The van der Waals surface area contributed by atoms with Gasteiger partial charge in [-0.2, -0.15) is 0 Å². The van der Waals surface area contributed by atoms with Crippen LogP contribution >= 0.6 is 0 Å². The Morgan fingerprint density at radius 3 is 1.59 bits per heavy atom. The summed E-state index contributed by atoms with van der Waals surface area (Å²) in [5.41, 5.74) is 3.82. The Hall–Kier alpha value is -1.69. The summed E-state index contributed by atoms with van der Waals surface area (Å²) in [7, 11) is 0. The predicted molar refractivity (Wildman–Crippen MR) is 164 cm³/mol. The molecule has 0 aliphatic heterocycles. The standard InChI is InChI=1S/C34H53N3.2BrH/c1-6-11-27-36(28-12-7-2)34-22-20-32(21-23-34)18-15-13-14-16-19-33-24-29-35(30-25-33)26-17-31-37(8-3,9-4)10-5;;/h13-16,18-25,29-30H,6-12,17,26-28,31H2,1-5H3;2*1H/q+2;;/p-2. The Labute approximate surface area is 261 Å². The molecular weight excluding hydrogens is 610 g/mol. The number of rotatable bonds is 18. The van der Waals surface area contributed by atoms with E-state index < -0.39 is 0 Å². The topological polar surface area (TPSA) is 7.12 Å². The maximum atomic E-state index is 2.53. The van der Waals surface area contributed by atoms with Crippen LogP contribution in [0.1, 0.15) is 77.8 Å². The Kier molecular flexibility index (Phi) is 21.1. The van der Waals surface area contributed by atoms with Crippen LogP contribution in [-0.2, 0) is 6.54 Å². The summed E-state index contributed by atoms with van der Waals surface area (Å²) in [4.78, 5) is 2.53. The van der Waals surface area contributed by atoms with Gasteiger partial charge in [-0.15, -0.1) is 0 Å². The SMILES string of the molecule is CCCCN(CCCC)c1ccc(/C=C/C=C/C=C/c2cc[n+](CCC[N+](CC)(CC)CC)cc2)cc1.[Br-].[Br-]. The normalized spacial score (nSPS) is 11.7. The molecule has 0 amide bonds. The average molecular weight is 664 g/mol. The second-order valence-electron chi connectivity index (χ2n) is 10.1. The summed E-state index contributed by atoms with van der Waals surface area (Å²) in [5.74, 6) is 0. The minimum absolute atomic E-state index is 0. The molecule has 0 saturated heterocycles. The van der Waals surface area contributed by atoms with Gasteiger partial charge in [-0.1, -0.05) is 75.3 Å². The van der Waals surface area contributed by atoms with Crippen LogP contribution in [-0.4, -0.2) is 43.8 Å². The number of hydrogen-bond acceptors (Lipinski definition) is 1. The van der Waals surface area contributed by atoms with E-state index in [2.05, 4.69) is 129 Å². The number of quaternary nitrogens is 1. The number of pyridine rings is 1. The second-order valence-corrected chi connectivity index (χ2v) is 10.1. The summed E-state index contributed by atoms with van der Waals surface area (Å²) in [6, 6.07) is 13.4. The van der Waals surface area contributed by atoms with Gasteiger partial charge in [0.05, 0.1) is 32.6 Å². The molecule has 0 fully saturated rings. The van der Waals surface area contributed by atoms with Crippen LogP contribution < -0.4 is 43.4 Å². The highest BCUT2D eigenvalue weighted by atomic mass is 79.9. The smallest absolute Gasteiger partial charge is 0.169 e. The van der Waals surface area contributed by atoms with Gasteiger partial charge in [-0.05, 0) is 56.9 Å². The van der Waals surface area contributed by atoms with E-state index in [1.54, 1.807) is 0 Å². The number of benzene rings is 1. The van der Waals surface area contributed by atoms with E-state index in [9.17, 15) is 0 Å². The van der Waals surface area contributed by atoms with E-state index in [0.29, 0.717) is 0 Å². The molecule has 0 radical (unpaired) electrons. The molecule has 3 nitrogen and oxygen atoms in total. The third-order valence-electron chi connectivity index (χ3n) is 7.71. The second kappa shape index (κ2) is 22.1. The molecule has 0 bridgehead atoms. The van der Waals surface area contributed by atoms with Crippen LogP contribution in [0.3, 0.4) is 0 Å². The highest BCUT2D eigenvalue weighted by Crippen LogP contribution is 2.18. The summed E-state index contributed by atoms with van der Waals surface area (Å²) in [6.07, 6.45) is 23.4. The minimum Gasteiger partial charge on any atom is -1.00 e. The largest absolute Gasteiger partial charge is 1.00 e. The maximum absolute atomic E-state index is 2.53. The van der Waals surface area contributed by atoms with Crippen molar-refractivity contribution in [2.75, 3.05) is 44.2 Å². The number of unbranched alkanes of at least 4 members (excludes halogenated alkanes) is 2. The Balaban J connectivity index is 0.00000722. The monoisotopic (exact) mass is 661 g/mol. The van der Waals surface area contributed by atoms with Crippen molar-refractivity contribution >= 4 is 17.8 Å². The third kappa shape index (κ3) is 14.0. The van der Waals surface area contributed by atoms with E-state index in [0.717, 1.165) is 19.6 Å². The van der Waals surface area contributed by atoms with Gasteiger partial charge in [0.2, 0.25) is 0 Å². The lowest BCUT2D eigenvalue weighted by Gasteiger charge is -2.35. The molecule has 2 rings (SSSR count). The van der Waals surface area contributed by atoms with Gasteiger partial charge in [0.15, 0.2) is 18.9 Å². The molecule has 5 heteroatoms. The lowest BCUT2D eigenvalue weighted by Crippen LogP contribution is -3.00. The molecule has 2 aromatic rings. The molecule has 1 heterocycles. The van der Waals surface area contributed by atoms with Crippen LogP contribution in [0.25, 0.3) is 12.2 Å². The van der Waals surface area contributed by atoms with Crippen molar-refractivity contribution in [1.29, 1.82) is 0 Å². The zero-order valence-corrected chi connectivity index (χ0v) is 28.3. The summed E-state index contributed by atoms with van der Waals surface area (Å²) >= 11 is 0. The van der Waals surface area contributed by atoms with Gasteiger partial charge < -0.3 is 43.3 Å². The fourth-order valence-corrected chi connectivity index (χ4v) is 4.79. The fourth-order valence-electron chi connectivity index (χ4n) is 4.79. The highest BCUT2D eigenvalue weighted by Gasteiger charge is 2.20. The van der Waals surface area contributed by atoms with Crippen molar-refractivity contribution < 1.29 is 43.0 Å². The van der Waals surface area contributed by atoms with Gasteiger partial charge >= 0.3 is 0 Å². The number of aromatic nitrogens is 1. The molecule has 0 atom stereocenters. The van der Waals surface area contributed by atoms with Crippen molar-refractivity contribution in [3.63, 3.8) is 0 Å². The third-order valence-corrected chi connectivity index (χ3v) is 7.71. The first kappa shape index (κ1) is 37.3. The number of halogens is 2. The molecule has 0 aliphatic carbocycles. The van der Waals surface area contributed by atoms with Crippen LogP contribution in [0, 0.1) is 0 Å². The Morgan fingerprint density at radius 2 is 1.13 bits per heavy atom. The first-order valence-electron chi connectivity index (χ1n) is 14.8. The van der Waals surface area contributed by atoms with Crippen molar-refractivity contribution in [2.24, 2.45) is 0 Å². The molecule has 0 aliphatic rings. The van der Waals surface area contributed by atoms with Crippen molar-refractivity contribution in [3.8, 4) is 0 Å². The number of nitrogens with zero attached hydrogens (tertiary/aromatic N) is 3. The lowest BCUT2D eigenvalue weighted by atomic mass is 10.1. The van der Waals surface area contributed by atoms with Gasteiger partial charge in [-0.3, -0.25) is 0 Å². The zero-order valence-electron chi connectivity index (χ0n) is 25.2. The summed E-state index contributed by atoms with van der Waals surface area (Å²) < 4.78 is 3.54. The minimum atomic E-state index is 0. The molecule has 218 valence electrons. The first-order valence-corrected chi connectivity index (χ1v) is 14.8. The van der Waals surface area contributed by atoms with Crippen molar-refractivity contribution in [1.82, 2.24) is 0 Å². The molecule has 0 unspecified atom stereocenters. The van der Waals surface area contributed by atoms with Crippen LogP contribution in [0.15, 0.2) is 73.1 Å². The van der Waals surface area contributed by atoms with Gasteiger partial charge in [0, 0.05) is 30.9 Å². The van der Waals surface area contributed by atoms with E-state index in [1.807, 2.05) is 0 Å². The average Bonchev–Trinajstić information content (AvgIpc) is 2.94. The zero-order chi connectivity index (χ0) is 26.8. The Bertz CT molecular complexity index is 929. The molecular formula is C34H53Br2N3. The molecule has 1 aromatic carbocycles. The van der Waals surface area contributed by atoms with E-state index in [4.69, 9.17) is 0 Å². The van der Waals surface area contributed by atoms with E-state index in [1.165, 1.54) is 79.6 Å². The molecule has 0 saturated carbocycles.